The van der Waals surface area contributed by atoms with E-state index in [0.29, 0.717) is 13.0 Å². The van der Waals surface area contributed by atoms with Crippen molar-refractivity contribution in [2.75, 3.05) is 18.4 Å². The SMILES string of the molecule is CCc1cc(Br)ccc1NC(=O)N1CCC(C(=O)O)C1. The minimum atomic E-state index is -0.835. The van der Waals surface area contributed by atoms with Crippen LogP contribution in [0.4, 0.5) is 10.5 Å². The zero-order valence-corrected chi connectivity index (χ0v) is 12.8. The maximum absolute atomic E-state index is 12.1. The summed E-state index contributed by atoms with van der Waals surface area (Å²) in [7, 11) is 0. The number of carbonyl (C=O) groups excluding carboxylic acids is 1. The van der Waals surface area contributed by atoms with E-state index in [1.165, 1.54) is 0 Å². The molecule has 0 aliphatic carbocycles. The van der Waals surface area contributed by atoms with Gasteiger partial charge in [-0.1, -0.05) is 22.9 Å². The minimum absolute atomic E-state index is 0.231. The van der Waals surface area contributed by atoms with Crippen LogP contribution in [0.2, 0.25) is 0 Å². The Kier molecular flexibility index (Phi) is 4.65. The topological polar surface area (TPSA) is 69.6 Å². The largest absolute Gasteiger partial charge is 0.481 e. The van der Waals surface area contributed by atoms with E-state index < -0.39 is 11.9 Å². The average molecular weight is 341 g/mol. The summed E-state index contributed by atoms with van der Waals surface area (Å²) in [4.78, 5) is 24.6. The minimum Gasteiger partial charge on any atom is -0.481 e. The van der Waals surface area contributed by atoms with Gasteiger partial charge in [-0.05, 0) is 36.6 Å². The number of likely N-dealkylation sites (tertiary alicyclic amines) is 1. The molecule has 1 atom stereocenters. The Morgan fingerprint density at radius 1 is 1.50 bits per heavy atom. The molecule has 0 aromatic heterocycles. The third-order valence-corrected chi connectivity index (χ3v) is 4.01. The summed E-state index contributed by atoms with van der Waals surface area (Å²) in [5.41, 5.74) is 1.82. The fourth-order valence-corrected chi connectivity index (χ4v) is 2.73. The van der Waals surface area contributed by atoms with E-state index in [-0.39, 0.29) is 12.6 Å². The van der Waals surface area contributed by atoms with Crippen LogP contribution in [0.3, 0.4) is 0 Å². The molecule has 2 amide bonds. The van der Waals surface area contributed by atoms with Crippen LogP contribution in [0.25, 0.3) is 0 Å². The van der Waals surface area contributed by atoms with Crippen molar-refractivity contribution >= 4 is 33.6 Å². The summed E-state index contributed by atoms with van der Waals surface area (Å²) in [5.74, 6) is -1.28. The van der Waals surface area contributed by atoms with Crippen molar-refractivity contribution in [1.82, 2.24) is 4.90 Å². The lowest BCUT2D eigenvalue weighted by Gasteiger charge is -2.18. The van der Waals surface area contributed by atoms with Crippen LogP contribution < -0.4 is 5.32 Å². The average Bonchev–Trinajstić information content (AvgIpc) is 2.90. The van der Waals surface area contributed by atoms with E-state index in [0.717, 1.165) is 22.1 Å². The van der Waals surface area contributed by atoms with E-state index in [9.17, 15) is 9.59 Å². The lowest BCUT2D eigenvalue weighted by molar-refractivity contribution is -0.141. The number of benzene rings is 1. The number of hydrogen-bond donors (Lipinski definition) is 2. The lowest BCUT2D eigenvalue weighted by Crippen LogP contribution is -2.34. The first-order chi connectivity index (χ1) is 9.51. The Morgan fingerprint density at radius 2 is 2.25 bits per heavy atom. The molecule has 2 N–H and O–H groups in total. The normalized spacial score (nSPS) is 18.1. The molecule has 0 saturated carbocycles. The van der Waals surface area contributed by atoms with E-state index in [2.05, 4.69) is 21.2 Å². The van der Waals surface area contributed by atoms with Gasteiger partial charge in [0.1, 0.15) is 0 Å². The van der Waals surface area contributed by atoms with Gasteiger partial charge < -0.3 is 15.3 Å². The summed E-state index contributed by atoms with van der Waals surface area (Å²) in [6.45, 7) is 2.79. The predicted octanol–water partition coefficient (Wildman–Crippen LogP) is 2.95. The van der Waals surface area contributed by atoms with Crippen molar-refractivity contribution in [3.8, 4) is 0 Å². The number of carbonyl (C=O) groups is 2. The molecule has 0 bridgehead atoms. The van der Waals surface area contributed by atoms with Gasteiger partial charge in [-0.2, -0.15) is 0 Å². The smallest absolute Gasteiger partial charge is 0.321 e. The number of carboxylic acids is 1. The molecular formula is C14H17BrN2O3. The molecule has 1 heterocycles. The maximum atomic E-state index is 12.1. The molecule has 1 aliphatic rings. The van der Waals surface area contributed by atoms with Gasteiger partial charge in [-0.15, -0.1) is 0 Å². The number of carboxylic acid groups (broad SMARTS) is 1. The molecule has 1 aromatic rings. The van der Waals surface area contributed by atoms with Crippen LogP contribution in [0.5, 0.6) is 0 Å². The van der Waals surface area contributed by atoms with E-state index >= 15 is 0 Å². The number of nitrogens with one attached hydrogen (secondary N) is 1. The van der Waals surface area contributed by atoms with Gasteiger partial charge in [0.05, 0.1) is 5.92 Å². The number of rotatable bonds is 3. The fraction of sp³-hybridized carbons (Fsp3) is 0.429. The number of nitrogens with zero attached hydrogens (tertiary/aromatic N) is 1. The van der Waals surface area contributed by atoms with Crippen LogP contribution in [0, 0.1) is 5.92 Å². The first-order valence-corrected chi connectivity index (χ1v) is 7.37. The third-order valence-electron chi connectivity index (χ3n) is 3.51. The zero-order valence-electron chi connectivity index (χ0n) is 11.2. The zero-order chi connectivity index (χ0) is 14.7. The summed E-state index contributed by atoms with van der Waals surface area (Å²) < 4.78 is 0.972. The number of aryl methyl sites for hydroxylation is 1. The van der Waals surface area contributed by atoms with Crippen LogP contribution in [-0.4, -0.2) is 35.1 Å². The second kappa shape index (κ2) is 6.26. The molecule has 0 spiro atoms. The lowest BCUT2D eigenvalue weighted by atomic mass is 10.1. The number of anilines is 1. The summed E-state index contributed by atoms with van der Waals surface area (Å²) >= 11 is 3.41. The van der Waals surface area contributed by atoms with Crippen molar-refractivity contribution in [3.05, 3.63) is 28.2 Å². The van der Waals surface area contributed by atoms with Crippen LogP contribution in [0.15, 0.2) is 22.7 Å². The Morgan fingerprint density at radius 3 is 2.85 bits per heavy atom. The Balaban J connectivity index is 2.04. The molecule has 108 valence electrons. The van der Waals surface area contributed by atoms with Crippen molar-refractivity contribution < 1.29 is 14.7 Å². The highest BCUT2D eigenvalue weighted by Crippen LogP contribution is 2.23. The van der Waals surface area contributed by atoms with Crippen molar-refractivity contribution in [1.29, 1.82) is 0 Å². The van der Waals surface area contributed by atoms with Gasteiger partial charge in [-0.25, -0.2) is 4.79 Å². The molecule has 20 heavy (non-hydrogen) atoms. The number of amides is 2. The third kappa shape index (κ3) is 3.30. The number of halogens is 1. The molecule has 1 unspecified atom stereocenters. The highest BCUT2D eigenvalue weighted by molar-refractivity contribution is 9.10. The van der Waals surface area contributed by atoms with Gasteiger partial charge in [0.2, 0.25) is 0 Å². The van der Waals surface area contributed by atoms with E-state index in [1.54, 1.807) is 4.90 Å². The first-order valence-electron chi connectivity index (χ1n) is 6.58. The quantitative estimate of drug-likeness (QED) is 0.888. The van der Waals surface area contributed by atoms with Gasteiger partial charge >= 0.3 is 12.0 Å². The molecule has 1 fully saturated rings. The van der Waals surface area contributed by atoms with Crippen molar-refractivity contribution in [3.63, 3.8) is 0 Å². The molecule has 1 aliphatic heterocycles. The number of hydrogen-bond acceptors (Lipinski definition) is 2. The van der Waals surface area contributed by atoms with E-state index in [4.69, 9.17) is 5.11 Å². The molecular weight excluding hydrogens is 324 g/mol. The molecule has 1 saturated heterocycles. The molecule has 5 nitrogen and oxygen atoms in total. The monoisotopic (exact) mass is 340 g/mol. The summed E-state index contributed by atoms with van der Waals surface area (Å²) in [6, 6.07) is 5.47. The fourth-order valence-electron chi connectivity index (χ4n) is 2.32. The molecule has 2 rings (SSSR count). The van der Waals surface area contributed by atoms with Crippen LogP contribution >= 0.6 is 15.9 Å². The second-order valence-corrected chi connectivity index (χ2v) is 5.77. The van der Waals surface area contributed by atoms with Gasteiger partial charge in [0, 0.05) is 23.2 Å². The van der Waals surface area contributed by atoms with Crippen LogP contribution in [-0.2, 0) is 11.2 Å². The Bertz CT molecular complexity index is 533. The second-order valence-electron chi connectivity index (χ2n) is 4.86. The number of aliphatic carboxylic acids is 1. The number of urea groups is 1. The van der Waals surface area contributed by atoms with Gasteiger partial charge in [0.25, 0.3) is 0 Å². The highest BCUT2D eigenvalue weighted by Gasteiger charge is 2.30. The predicted molar refractivity (Wildman–Crippen MR) is 79.9 cm³/mol. The van der Waals surface area contributed by atoms with Gasteiger partial charge in [0.15, 0.2) is 0 Å². The van der Waals surface area contributed by atoms with Crippen LogP contribution in [0.1, 0.15) is 18.9 Å². The Hall–Kier alpha value is -1.56. The first kappa shape index (κ1) is 14.8. The Labute approximate surface area is 126 Å². The molecule has 1 aromatic carbocycles. The van der Waals surface area contributed by atoms with Gasteiger partial charge in [-0.3, -0.25) is 4.79 Å². The summed E-state index contributed by atoms with van der Waals surface area (Å²) in [6.07, 6.45) is 1.33. The highest BCUT2D eigenvalue weighted by atomic mass is 79.9. The van der Waals surface area contributed by atoms with Crippen molar-refractivity contribution in [2.45, 2.75) is 19.8 Å². The maximum Gasteiger partial charge on any atom is 0.321 e. The summed E-state index contributed by atoms with van der Waals surface area (Å²) in [5, 5.41) is 11.8. The molecule has 0 radical (unpaired) electrons. The van der Waals surface area contributed by atoms with E-state index in [1.807, 2.05) is 25.1 Å². The van der Waals surface area contributed by atoms with Crippen molar-refractivity contribution in [2.24, 2.45) is 5.92 Å². The standard InChI is InChI=1S/C14H17BrN2O3/c1-2-9-7-11(15)3-4-12(9)16-14(20)17-6-5-10(8-17)13(18)19/h3-4,7,10H,2,5-6,8H2,1H3,(H,16,20)(H,18,19). The molecule has 6 heteroatoms.